The Labute approximate surface area is 62.4 Å². The molecule has 54 valence electrons. The van der Waals surface area contributed by atoms with E-state index >= 15 is 0 Å². The Bertz CT molecular complexity index is 368. The smallest absolute Gasteiger partial charge is 0.385 e. The van der Waals surface area contributed by atoms with Crippen molar-refractivity contribution < 1.29 is 5.11 Å². The summed E-state index contributed by atoms with van der Waals surface area (Å²) in [5.74, 6) is -0.611. The third-order valence-corrected chi connectivity index (χ3v) is 1.17. The summed E-state index contributed by atoms with van der Waals surface area (Å²) >= 11 is 0. The third-order valence-electron chi connectivity index (χ3n) is 1.17. The van der Waals surface area contributed by atoms with Gasteiger partial charge in [-0.2, -0.15) is 0 Å². The highest BCUT2D eigenvalue weighted by Crippen LogP contribution is 2.08. The van der Waals surface area contributed by atoms with Gasteiger partial charge in [-0.15, -0.1) is 0 Å². The second-order valence-corrected chi connectivity index (χ2v) is 1.92. The van der Waals surface area contributed by atoms with Gasteiger partial charge >= 0.3 is 5.69 Å². The number of rotatable bonds is 0. The first-order valence-corrected chi connectivity index (χ1v) is 2.90. The van der Waals surface area contributed by atoms with Crippen LogP contribution in [-0.4, -0.2) is 0 Å². The zero-order valence-electron chi connectivity index (χ0n) is 5.52. The van der Waals surface area contributed by atoms with Gasteiger partial charge in [-0.1, -0.05) is 11.8 Å². The number of diazo groups is 1. The van der Waals surface area contributed by atoms with Crippen LogP contribution in [-0.2, 0) is 0 Å². The predicted molar refractivity (Wildman–Crippen MR) is 36.9 cm³/mol. The monoisotopic (exact) mass is 148 g/mol. The average Bonchev–Trinajstić information content (AvgIpc) is 2.16. The Balaban J connectivity index is 3.43. The number of hydrogen-bond acceptors (Lipinski definition) is 3. The van der Waals surface area contributed by atoms with Gasteiger partial charge in [0.2, 0.25) is 5.39 Å². The summed E-state index contributed by atoms with van der Waals surface area (Å²) in [7, 11) is 0. The van der Waals surface area contributed by atoms with Crippen molar-refractivity contribution in [3.63, 3.8) is 0 Å². The van der Waals surface area contributed by atoms with Crippen LogP contribution in [0.1, 0.15) is 0 Å². The molecule has 0 radical (unpaired) electrons. The molecule has 0 atom stereocenters. The van der Waals surface area contributed by atoms with E-state index in [9.17, 15) is 9.90 Å². The van der Waals surface area contributed by atoms with Gasteiger partial charge in [-0.3, -0.25) is 4.79 Å². The minimum absolute atomic E-state index is 0.184. The van der Waals surface area contributed by atoms with Crippen molar-refractivity contribution in [3.8, 4) is 5.75 Å². The van der Waals surface area contributed by atoms with Crippen LogP contribution in [0.15, 0.2) is 29.1 Å². The molecule has 4 heteroatoms. The molecule has 0 saturated carbocycles. The first kappa shape index (κ1) is 7.22. The minimum Gasteiger partial charge on any atom is -0.870 e. The normalized spacial score (nSPS) is 8.64. The van der Waals surface area contributed by atoms with Crippen LogP contribution in [0.5, 0.6) is 5.75 Å². The topological polar surface area (TPSA) is 68.3 Å². The highest BCUT2D eigenvalue weighted by Gasteiger charge is 1.98. The molecule has 0 aliphatic carbocycles. The summed E-state index contributed by atoms with van der Waals surface area (Å²) in [4.78, 5) is 13.5. The first-order chi connectivity index (χ1) is 5.24. The zero-order chi connectivity index (χ0) is 8.27. The predicted octanol–water partition coefficient (Wildman–Crippen LogP) is 0.605. The van der Waals surface area contributed by atoms with Gasteiger partial charge in [0, 0.05) is 12.1 Å². The summed E-state index contributed by atoms with van der Waals surface area (Å²) in [6.07, 6.45) is 0. The van der Waals surface area contributed by atoms with Gasteiger partial charge in [-0.05, 0) is 6.07 Å². The van der Waals surface area contributed by atoms with E-state index in [-0.39, 0.29) is 5.69 Å². The Morgan fingerprint density at radius 1 is 1.27 bits per heavy atom. The summed E-state index contributed by atoms with van der Waals surface area (Å²) in [6, 6.07) is 4.67. The molecule has 11 heavy (non-hydrogen) atoms. The van der Waals surface area contributed by atoms with Crippen LogP contribution in [0.4, 0.5) is 5.69 Å². The minimum atomic E-state index is -0.611. The van der Waals surface area contributed by atoms with E-state index in [1.807, 2.05) is 0 Å². The van der Waals surface area contributed by atoms with Gasteiger partial charge in [0.1, 0.15) is 0 Å². The lowest BCUT2D eigenvalue weighted by Gasteiger charge is -1.93. The van der Waals surface area contributed by atoms with E-state index in [1.165, 1.54) is 12.1 Å². The van der Waals surface area contributed by atoms with Gasteiger partial charge in [-0.25, -0.2) is 0 Å². The molecule has 0 bridgehead atoms. The quantitative estimate of drug-likeness (QED) is 0.506. The fourth-order valence-corrected chi connectivity index (χ4v) is 0.609. The van der Waals surface area contributed by atoms with Crippen LogP contribution in [0.3, 0.4) is 0 Å². The molecule has 0 spiro atoms. The summed E-state index contributed by atoms with van der Waals surface area (Å²) < 4.78 is 0. The van der Waals surface area contributed by atoms with E-state index in [0.29, 0.717) is 0 Å². The molecule has 0 amide bonds. The maximum atomic E-state index is 10.7. The maximum Gasteiger partial charge on any atom is 0.385 e. The van der Waals surface area contributed by atoms with E-state index in [0.717, 1.165) is 12.1 Å². The Morgan fingerprint density at radius 3 is 2.55 bits per heavy atom. The van der Waals surface area contributed by atoms with Gasteiger partial charge in [0.25, 0.3) is 0 Å². The van der Waals surface area contributed by atoms with Crippen molar-refractivity contribution >= 4 is 5.69 Å². The largest absolute Gasteiger partial charge is 0.870 e. The van der Waals surface area contributed by atoms with Gasteiger partial charge in [0.15, 0.2) is 10.4 Å². The molecule has 0 aliphatic rings. The second kappa shape index (κ2) is 2.80. The van der Waals surface area contributed by atoms with Gasteiger partial charge < -0.3 is 5.11 Å². The molecule has 0 heterocycles. The molecule has 1 aromatic rings. The Kier molecular flexibility index (Phi) is 1.83. The third kappa shape index (κ3) is 1.52. The molecule has 1 rings (SSSR count). The maximum absolute atomic E-state index is 10.7. The van der Waals surface area contributed by atoms with Crippen molar-refractivity contribution in [1.82, 2.24) is 0 Å². The zero-order valence-corrected chi connectivity index (χ0v) is 5.52. The standard InChI is InChI=1S/C7H4N2O2/c8-9-5-1-3-6(10)7(11)4-2-5/h1-4H. The highest BCUT2D eigenvalue weighted by molar-refractivity contribution is 5.43. The van der Waals surface area contributed by atoms with E-state index < -0.39 is 11.2 Å². The highest BCUT2D eigenvalue weighted by atomic mass is 16.3. The molecule has 0 aromatic heterocycles. The van der Waals surface area contributed by atoms with Crippen LogP contribution < -0.4 is 10.5 Å². The molecular weight excluding hydrogens is 144 g/mol. The molecule has 0 N–H and O–H groups in total. The second-order valence-electron chi connectivity index (χ2n) is 1.92. The van der Waals surface area contributed by atoms with Gasteiger partial charge in [0.05, 0.1) is 0 Å². The molecule has 0 saturated heterocycles. The summed E-state index contributed by atoms with van der Waals surface area (Å²) in [5.41, 5.74) is -0.427. The first-order valence-electron chi connectivity index (χ1n) is 2.90. The van der Waals surface area contributed by atoms with Crippen molar-refractivity contribution in [3.05, 3.63) is 39.5 Å². The fourth-order valence-electron chi connectivity index (χ4n) is 0.609. The lowest BCUT2D eigenvalue weighted by atomic mass is 10.4. The van der Waals surface area contributed by atoms with Crippen molar-refractivity contribution in [2.45, 2.75) is 0 Å². The summed E-state index contributed by atoms with van der Waals surface area (Å²) in [5, 5.41) is 18.9. The summed E-state index contributed by atoms with van der Waals surface area (Å²) in [6.45, 7) is 0. The molecule has 0 aliphatic heterocycles. The van der Waals surface area contributed by atoms with E-state index in [1.54, 1.807) is 0 Å². The fraction of sp³-hybridized carbons (Fsp3) is 0. The van der Waals surface area contributed by atoms with Crippen LogP contribution in [0.2, 0.25) is 0 Å². The van der Waals surface area contributed by atoms with Crippen molar-refractivity contribution in [2.24, 2.45) is 0 Å². The molecule has 0 fully saturated rings. The Morgan fingerprint density at radius 2 is 1.91 bits per heavy atom. The SMILES string of the molecule is N#[N+]c1ccc([O-])c(=O)cc1. The molecule has 0 unspecified atom stereocenters. The average molecular weight is 148 g/mol. The number of hydrogen-bond donors (Lipinski definition) is 0. The molecule has 4 nitrogen and oxygen atoms in total. The lowest BCUT2D eigenvalue weighted by Crippen LogP contribution is -2.03. The van der Waals surface area contributed by atoms with Crippen molar-refractivity contribution in [1.29, 1.82) is 5.39 Å². The molecule has 1 aromatic carbocycles. The van der Waals surface area contributed by atoms with Crippen LogP contribution in [0, 0.1) is 5.39 Å². The Hall–Kier alpha value is -1.89. The van der Waals surface area contributed by atoms with Crippen LogP contribution >= 0.6 is 0 Å². The lowest BCUT2D eigenvalue weighted by molar-refractivity contribution is -0.269. The number of nitrogens with zero attached hydrogens (tertiary/aromatic N) is 2. The van der Waals surface area contributed by atoms with E-state index in [2.05, 4.69) is 4.98 Å². The van der Waals surface area contributed by atoms with Crippen molar-refractivity contribution in [2.75, 3.05) is 0 Å². The van der Waals surface area contributed by atoms with Crippen LogP contribution in [0.25, 0.3) is 4.98 Å². The van der Waals surface area contributed by atoms with E-state index in [4.69, 9.17) is 5.39 Å². The molecular formula is C7H4N2O2.